The van der Waals surface area contributed by atoms with Crippen LogP contribution in [0.2, 0.25) is 0 Å². The van der Waals surface area contributed by atoms with E-state index in [0.717, 1.165) is 38.5 Å². The molecule has 1 saturated heterocycles. The Bertz CT molecular complexity index is 359. The van der Waals surface area contributed by atoms with Gasteiger partial charge in [-0.25, -0.2) is 0 Å². The van der Waals surface area contributed by atoms with Crippen molar-refractivity contribution in [1.82, 2.24) is 10.2 Å². The lowest BCUT2D eigenvalue weighted by molar-refractivity contribution is -0.147. The molecule has 0 aromatic heterocycles. The van der Waals surface area contributed by atoms with E-state index in [-0.39, 0.29) is 23.8 Å². The van der Waals surface area contributed by atoms with Crippen molar-refractivity contribution >= 4 is 11.8 Å². The normalized spacial score (nSPS) is 30.9. The zero-order valence-electron chi connectivity index (χ0n) is 12.4. The lowest BCUT2D eigenvalue weighted by Gasteiger charge is -2.39. The van der Waals surface area contributed by atoms with E-state index in [1.807, 2.05) is 4.90 Å². The van der Waals surface area contributed by atoms with Crippen LogP contribution < -0.4 is 11.1 Å². The molecular formula is C15H27N3O2. The lowest BCUT2D eigenvalue weighted by Crippen LogP contribution is -2.54. The summed E-state index contributed by atoms with van der Waals surface area (Å²) in [5, 5.41) is 2.69. The molecule has 0 aromatic carbocycles. The Balaban J connectivity index is 2.10. The van der Waals surface area contributed by atoms with E-state index >= 15 is 0 Å². The number of hydrogen-bond donors (Lipinski definition) is 2. The summed E-state index contributed by atoms with van der Waals surface area (Å²) in [5.41, 5.74) is 5.83. The molecule has 0 spiro atoms. The fraction of sp³-hybridized carbons (Fsp3) is 0.867. The molecule has 3 atom stereocenters. The monoisotopic (exact) mass is 281 g/mol. The SMILES string of the molecule is CNC(=O)C1CCCCN1C(=O)C1CCCCC1CN. The molecule has 3 unspecified atom stereocenters. The second kappa shape index (κ2) is 7.07. The highest BCUT2D eigenvalue weighted by atomic mass is 16.2. The van der Waals surface area contributed by atoms with Crippen LogP contribution in [0.4, 0.5) is 0 Å². The Labute approximate surface area is 121 Å². The third-order valence-corrected chi connectivity index (χ3v) is 4.86. The fourth-order valence-electron chi connectivity index (χ4n) is 3.66. The van der Waals surface area contributed by atoms with Crippen LogP contribution >= 0.6 is 0 Å². The highest BCUT2D eigenvalue weighted by Gasteiger charge is 2.38. The summed E-state index contributed by atoms with van der Waals surface area (Å²) in [6, 6.07) is -0.276. The first-order valence-electron chi connectivity index (χ1n) is 7.91. The van der Waals surface area contributed by atoms with Crippen molar-refractivity contribution in [2.24, 2.45) is 17.6 Å². The fourth-order valence-corrected chi connectivity index (χ4v) is 3.66. The highest BCUT2D eigenvalue weighted by molar-refractivity contribution is 5.88. The molecule has 2 fully saturated rings. The summed E-state index contributed by atoms with van der Waals surface area (Å²) in [6.45, 7) is 1.29. The van der Waals surface area contributed by atoms with Gasteiger partial charge in [-0.1, -0.05) is 12.8 Å². The molecule has 1 heterocycles. The first-order valence-corrected chi connectivity index (χ1v) is 7.91. The van der Waals surface area contributed by atoms with Crippen molar-refractivity contribution < 1.29 is 9.59 Å². The molecular weight excluding hydrogens is 254 g/mol. The van der Waals surface area contributed by atoms with Crippen LogP contribution in [0.15, 0.2) is 0 Å². The predicted octanol–water partition coefficient (Wildman–Crippen LogP) is 0.879. The molecule has 20 heavy (non-hydrogen) atoms. The zero-order valence-corrected chi connectivity index (χ0v) is 12.4. The topological polar surface area (TPSA) is 75.4 Å². The largest absolute Gasteiger partial charge is 0.357 e. The number of piperidine rings is 1. The second-order valence-electron chi connectivity index (χ2n) is 6.04. The van der Waals surface area contributed by atoms with Gasteiger partial charge in [0.05, 0.1) is 0 Å². The maximum absolute atomic E-state index is 12.8. The first-order chi connectivity index (χ1) is 9.69. The molecule has 2 rings (SSSR count). The molecule has 1 saturated carbocycles. The van der Waals surface area contributed by atoms with Crippen LogP contribution in [0.5, 0.6) is 0 Å². The summed E-state index contributed by atoms with van der Waals surface area (Å²) in [4.78, 5) is 26.6. The Morgan fingerprint density at radius 1 is 1.15 bits per heavy atom. The molecule has 114 valence electrons. The van der Waals surface area contributed by atoms with Crippen molar-refractivity contribution in [2.45, 2.75) is 51.0 Å². The van der Waals surface area contributed by atoms with Gasteiger partial charge in [0.25, 0.3) is 0 Å². The first kappa shape index (κ1) is 15.3. The maximum Gasteiger partial charge on any atom is 0.242 e. The number of likely N-dealkylation sites (tertiary alicyclic amines) is 1. The summed E-state index contributed by atoms with van der Waals surface area (Å²) in [5.74, 6) is 0.453. The average Bonchev–Trinajstić information content (AvgIpc) is 2.53. The molecule has 0 bridgehead atoms. The van der Waals surface area contributed by atoms with Gasteiger partial charge in [-0.2, -0.15) is 0 Å². The van der Waals surface area contributed by atoms with Gasteiger partial charge in [-0.05, 0) is 44.6 Å². The third kappa shape index (κ3) is 3.14. The van der Waals surface area contributed by atoms with Gasteiger partial charge < -0.3 is 16.0 Å². The van der Waals surface area contributed by atoms with Crippen LogP contribution in [0.1, 0.15) is 44.9 Å². The number of carbonyl (C=O) groups is 2. The number of hydrogen-bond acceptors (Lipinski definition) is 3. The maximum atomic E-state index is 12.8. The number of nitrogens with zero attached hydrogens (tertiary/aromatic N) is 1. The van der Waals surface area contributed by atoms with E-state index in [1.165, 1.54) is 6.42 Å². The van der Waals surface area contributed by atoms with E-state index in [1.54, 1.807) is 7.05 Å². The summed E-state index contributed by atoms with van der Waals surface area (Å²) in [6.07, 6.45) is 7.05. The number of carbonyl (C=O) groups excluding carboxylic acids is 2. The Morgan fingerprint density at radius 3 is 2.55 bits per heavy atom. The van der Waals surface area contributed by atoms with Crippen molar-refractivity contribution in [2.75, 3.05) is 20.1 Å². The van der Waals surface area contributed by atoms with Crippen molar-refractivity contribution in [3.8, 4) is 0 Å². The number of nitrogens with two attached hydrogens (primary N) is 1. The van der Waals surface area contributed by atoms with Gasteiger partial charge in [0.2, 0.25) is 11.8 Å². The van der Waals surface area contributed by atoms with Gasteiger partial charge in [0.1, 0.15) is 6.04 Å². The molecule has 3 N–H and O–H groups in total. The minimum absolute atomic E-state index is 0.0269. The number of likely N-dealkylation sites (N-methyl/N-ethyl adjacent to an activating group) is 1. The Morgan fingerprint density at radius 2 is 1.85 bits per heavy atom. The molecule has 0 radical (unpaired) electrons. The van der Waals surface area contributed by atoms with Gasteiger partial charge in [0.15, 0.2) is 0 Å². The van der Waals surface area contributed by atoms with Crippen molar-refractivity contribution in [3.63, 3.8) is 0 Å². The molecule has 1 aliphatic heterocycles. The van der Waals surface area contributed by atoms with Crippen LogP contribution in [0.3, 0.4) is 0 Å². The number of nitrogens with one attached hydrogen (secondary N) is 1. The van der Waals surface area contributed by atoms with Crippen LogP contribution in [-0.2, 0) is 9.59 Å². The van der Waals surface area contributed by atoms with Gasteiger partial charge in [0, 0.05) is 19.5 Å². The molecule has 2 amide bonds. The van der Waals surface area contributed by atoms with E-state index in [9.17, 15) is 9.59 Å². The Hall–Kier alpha value is -1.10. The standard InChI is InChI=1S/C15H27N3O2/c1-17-14(19)13-8-4-5-9-18(13)15(20)12-7-3-2-6-11(12)10-16/h11-13H,2-10,16H2,1H3,(H,17,19). The Kier molecular flexibility index (Phi) is 5.40. The predicted molar refractivity (Wildman–Crippen MR) is 77.9 cm³/mol. The second-order valence-corrected chi connectivity index (χ2v) is 6.04. The third-order valence-electron chi connectivity index (χ3n) is 4.86. The summed E-state index contributed by atoms with van der Waals surface area (Å²) < 4.78 is 0. The molecule has 2 aliphatic rings. The van der Waals surface area contributed by atoms with Crippen molar-refractivity contribution in [3.05, 3.63) is 0 Å². The zero-order chi connectivity index (χ0) is 14.5. The van der Waals surface area contributed by atoms with Crippen LogP contribution in [0.25, 0.3) is 0 Å². The molecule has 1 aliphatic carbocycles. The molecule has 5 nitrogen and oxygen atoms in total. The van der Waals surface area contributed by atoms with Gasteiger partial charge in [-0.3, -0.25) is 9.59 Å². The van der Waals surface area contributed by atoms with E-state index in [0.29, 0.717) is 19.0 Å². The highest BCUT2D eigenvalue weighted by Crippen LogP contribution is 2.32. The molecule has 0 aromatic rings. The summed E-state index contributed by atoms with van der Waals surface area (Å²) >= 11 is 0. The minimum Gasteiger partial charge on any atom is -0.357 e. The summed E-state index contributed by atoms with van der Waals surface area (Å²) in [7, 11) is 1.64. The lowest BCUT2D eigenvalue weighted by atomic mass is 9.78. The molecule has 5 heteroatoms. The quantitative estimate of drug-likeness (QED) is 0.806. The van der Waals surface area contributed by atoms with Crippen LogP contribution in [-0.4, -0.2) is 42.9 Å². The van der Waals surface area contributed by atoms with E-state index < -0.39 is 0 Å². The van der Waals surface area contributed by atoms with Crippen molar-refractivity contribution in [1.29, 1.82) is 0 Å². The average molecular weight is 281 g/mol. The van der Waals surface area contributed by atoms with Gasteiger partial charge in [-0.15, -0.1) is 0 Å². The van der Waals surface area contributed by atoms with Gasteiger partial charge >= 0.3 is 0 Å². The minimum atomic E-state index is -0.276. The smallest absolute Gasteiger partial charge is 0.242 e. The van der Waals surface area contributed by atoms with Crippen LogP contribution in [0, 0.1) is 11.8 Å². The van der Waals surface area contributed by atoms with E-state index in [2.05, 4.69) is 5.32 Å². The van der Waals surface area contributed by atoms with E-state index in [4.69, 9.17) is 5.73 Å². The number of amides is 2. The number of rotatable bonds is 3.